The summed E-state index contributed by atoms with van der Waals surface area (Å²) in [7, 11) is 1.51. The molecule has 0 aromatic heterocycles. The van der Waals surface area contributed by atoms with Crippen LogP contribution < -0.4 is 14.8 Å². The van der Waals surface area contributed by atoms with Crippen LogP contribution >= 0.6 is 23.4 Å². The molecule has 3 aromatic rings. The summed E-state index contributed by atoms with van der Waals surface area (Å²) >= 11 is 7.20. The minimum atomic E-state index is -4.48. The summed E-state index contributed by atoms with van der Waals surface area (Å²) in [5, 5.41) is 3.35. The molecule has 0 bridgehead atoms. The summed E-state index contributed by atoms with van der Waals surface area (Å²) in [6.07, 6.45) is -2.84. The smallest absolute Gasteiger partial charge is 0.416 e. The van der Waals surface area contributed by atoms with Crippen LogP contribution in [-0.2, 0) is 17.6 Å². The third kappa shape index (κ3) is 6.17. The Hall–Kier alpha value is -3.43. The Labute approximate surface area is 208 Å². The minimum absolute atomic E-state index is 0.0885. The van der Waals surface area contributed by atoms with Gasteiger partial charge < -0.3 is 14.8 Å². The Bertz CT molecular complexity index is 1330. The maximum Gasteiger partial charge on any atom is 0.416 e. The lowest BCUT2D eigenvalue weighted by atomic mass is 10.2. The molecule has 10 heteroatoms. The number of nitrogens with one attached hydrogen (secondary N) is 1. The van der Waals surface area contributed by atoms with Gasteiger partial charge in [0.1, 0.15) is 6.61 Å². The van der Waals surface area contributed by atoms with Crippen molar-refractivity contribution in [2.24, 2.45) is 4.99 Å². The first kappa shape index (κ1) is 24.7. The largest absolute Gasteiger partial charge is 0.493 e. The summed E-state index contributed by atoms with van der Waals surface area (Å²) < 4.78 is 50.1. The van der Waals surface area contributed by atoms with Gasteiger partial charge >= 0.3 is 6.18 Å². The van der Waals surface area contributed by atoms with Crippen LogP contribution in [0.4, 0.5) is 18.9 Å². The molecule has 4 rings (SSSR count). The fourth-order valence-electron chi connectivity index (χ4n) is 3.17. The van der Waals surface area contributed by atoms with Crippen molar-refractivity contribution in [2.75, 3.05) is 7.11 Å². The highest BCUT2D eigenvalue weighted by molar-refractivity contribution is 8.18. The van der Waals surface area contributed by atoms with Gasteiger partial charge in [0.2, 0.25) is 0 Å². The van der Waals surface area contributed by atoms with E-state index in [0.717, 1.165) is 29.5 Å². The van der Waals surface area contributed by atoms with Crippen LogP contribution in [0, 0.1) is 0 Å². The molecule has 0 unspecified atom stereocenters. The Morgan fingerprint density at radius 1 is 1.06 bits per heavy atom. The van der Waals surface area contributed by atoms with Crippen LogP contribution in [0.15, 0.2) is 76.6 Å². The average Bonchev–Trinajstić information content (AvgIpc) is 3.16. The number of halogens is 4. The predicted molar refractivity (Wildman–Crippen MR) is 131 cm³/mol. The number of amidine groups is 1. The summed E-state index contributed by atoms with van der Waals surface area (Å²) in [6, 6.07) is 17.1. The van der Waals surface area contributed by atoms with Gasteiger partial charge in [0.25, 0.3) is 5.91 Å². The number of thioether (sulfide) groups is 1. The zero-order valence-corrected chi connectivity index (χ0v) is 19.8. The number of benzene rings is 3. The van der Waals surface area contributed by atoms with Crippen molar-refractivity contribution in [3.05, 3.63) is 93.3 Å². The number of hydrogen-bond donors (Lipinski definition) is 1. The van der Waals surface area contributed by atoms with Crippen LogP contribution in [-0.4, -0.2) is 18.2 Å². The molecular weight excluding hydrogens is 501 g/mol. The monoisotopic (exact) mass is 518 g/mol. The Kier molecular flexibility index (Phi) is 7.37. The molecule has 0 saturated carbocycles. The van der Waals surface area contributed by atoms with E-state index in [2.05, 4.69) is 10.3 Å². The predicted octanol–water partition coefficient (Wildman–Crippen LogP) is 6.84. The Balaban J connectivity index is 1.50. The number of carbonyl (C=O) groups is 1. The van der Waals surface area contributed by atoms with Crippen molar-refractivity contribution in [1.82, 2.24) is 5.32 Å². The molecule has 1 fully saturated rings. The number of alkyl halides is 3. The van der Waals surface area contributed by atoms with Gasteiger partial charge in [0, 0.05) is 10.6 Å². The first-order chi connectivity index (χ1) is 16.7. The number of methoxy groups -OCH3 is 1. The molecule has 0 spiro atoms. The number of hydrogen-bond acceptors (Lipinski definition) is 5. The third-order valence-corrected chi connectivity index (χ3v) is 6.16. The van der Waals surface area contributed by atoms with Gasteiger partial charge in [-0.3, -0.25) is 4.79 Å². The van der Waals surface area contributed by atoms with Gasteiger partial charge in [-0.1, -0.05) is 41.9 Å². The lowest BCUT2D eigenvalue weighted by molar-refractivity contribution is -0.137. The number of rotatable bonds is 6. The third-order valence-electron chi connectivity index (χ3n) is 4.88. The van der Waals surface area contributed by atoms with E-state index in [9.17, 15) is 18.0 Å². The highest BCUT2D eigenvalue weighted by atomic mass is 35.5. The zero-order chi connectivity index (χ0) is 25.0. The number of nitrogens with zero attached hydrogens (tertiary/aromatic N) is 1. The molecule has 1 N–H and O–H groups in total. The van der Waals surface area contributed by atoms with Crippen LogP contribution in [0.3, 0.4) is 0 Å². The Morgan fingerprint density at radius 3 is 2.60 bits per heavy atom. The molecule has 1 amide bonds. The van der Waals surface area contributed by atoms with Gasteiger partial charge in [-0.15, -0.1) is 0 Å². The van der Waals surface area contributed by atoms with Gasteiger partial charge in [-0.25, -0.2) is 4.99 Å². The molecule has 0 radical (unpaired) electrons. The first-order valence-electron chi connectivity index (χ1n) is 10.2. The molecule has 1 aliphatic heterocycles. The van der Waals surface area contributed by atoms with Gasteiger partial charge in [0.05, 0.1) is 23.3 Å². The Morgan fingerprint density at radius 2 is 1.86 bits per heavy atom. The van der Waals surface area contributed by atoms with Crippen molar-refractivity contribution in [3.8, 4) is 11.5 Å². The van der Waals surface area contributed by atoms with Crippen molar-refractivity contribution in [3.63, 3.8) is 0 Å². The fourth-order valence-corrected chi connectivity index (χ4v) is 4.20. The summed E-state index contributed by atoms with van der Waals surface area (Å²) in [4.78, 5) is 16.9. The topological polar surface area (TPSA) is 59.9 Å². The first-order valence-corrected chi connectivity index (χ1v) is 11.4. The highest BCUT2D eigenvalue weighted by Crippen LogP contribution is 2.34. The fraction of sp³-hybridized carbons (Fsp3) is 0.120. The number of carbonyl (C=O) groups excluding carboxylic acids is 1. The molecule has 1 aliphatic rings. The van der Waals surface area contributed by atoms with Crippen LogP contribution in [0.5, 0.6) is 11.5 Å². The molecule has 3 aromatic carbocycles. The number of ether oxygens (including phenoxy) is 2. The van der Waals surface area contributed by atoms with Gasteiger partial charge in [-0.2, -0.15) is 13.2 Å². The van der Waals surface area contributed by atoms with E-state index in [0.29, 0.717) is 27.0 Å². The van der Waals surface area contributed by atoms with Crippen LogP contribution in [0.2, 0.25) is 5.02 Å². The van der Waals surface area contributed by atoms with Crippen molar-refractivity contribution >= 4 is 46.2 Å². The molecule has 35 heavy (non-hydrogen) atoms. The second-order valence-corrected chi connectivity index (χ2v) is 8.76. The van der Waals surface area contributed by atoms with Crippen molar-refractivity contribution in [2.45, 2.75) is 12.8 Å². The van der Waals surface area contributed by atoms with E-state index in [4.69, 9.17) is 21.1 Å². The summed E-state index contributed by atoms with van der Waals surface area (Å²) in [6.45, 7) is 0.254. The zero-order valence-electron chi connectivity index (χ0n) is 18.2. The van der Waals surface area contributed by atoms with Gasteiger partial charge in [-0.05, 0) is 59.8 Å². The van der Waals surface area contributed by atoms with E-state index >= 15 is 0 Å². The number of aliphatic imine (C=N–C) groups is 1. The molecule has 0 atom stereocenters. The van der Waals surface area contributed by atoms with E-state index in [1.165, 1.54) is 19.2 Å². The van der Waals surface area contributed by atoms with E-state index in [-0.39, 0.29) is 17.5 Å². The maximum atomic E-state index is 12.9. The van der Waals surface area contributed by atoms with E-state index in [1.807, 2.05) is 18.2 Å². The standard InChI is InChI=1S/C25H18ClF3N2O3S/c1-33-21-11-15(9-10-20(21)34-14-16-5-2-3-8-19(16)26)12-22-23(32)31-24(35-22)30-18-7-4-6-17(13-18)25(27,28)29/h2-13H,14H2,1H3,(H,30,31,32). The normalized spacial score (nSPS) is 16.0. The molecule has 1 saturated heterocycles. The highest BCUT2D eigenvalue weighted by Gasteiger charge is 2.30. The van der Waals surface area contributed by atoms with Crippen molar-refractivity contribution < 1.29 is 27.4 Å². The average molecular weight is 519 g/mol. The van der Waals surface area contributed by atoms with Crippen molar-refractivity contribution in [1.29, 1.82) is 0 Å². The van der Waals surface area contributed by atoms with Crippen LogP contribution in [0.1, 0.15) is 16.7 Å². The minimum Gasteiger partial charge on any atom is -0.493 e. The molecule has 0 aliphatic carbocycles. The SMILES string of the molecule is COc1cc(C=C2SC(=Nc3cccc(C(F)(F)F)c3)NC2=O)ccc1OCc1ccccc1Cl. The lowest BCUT2D eigenvalue weighted by Gasteiger charge is -2.12. The molecule has 5 nitrogen and oxygen atoms in total. The van der Waals surface area contributed by atoms with E-state index in [1.54, 1.807) is 30.3 Å². The second kappa shape index (κ2) is 10.5. The van der Waals surface area contributed by atoms with Gasteiger partial charge in [0.15, 0.2) is 16.7 Å². The maximum absolute atomic E-state index is 12.9. The quantitative estimate of drug-likeness (QED) is 0.363. The molecule has 1 heterocycles. The second-order valence-electron chi connectivity index (χ2n) is 7.32. The summed E-state index contributed by atoms with van der Waals surface area (Å²) in [5.74, 6) is 0.566. The number of amides is 1. The summed E-state index contributed by atoms with van der Waals surface area (Å²) in [5.41, 5.74) is 0.776. The molecular formula is C25H18ClF3N2O3S. The van der Waals surface area contributed by atoms with Crippen LogP contribution in [0.25, 0.3) is 6.08 Å². The lowest BCUT2D eigenvalue weighted by Crippen LogP contribution is -2.19. The van der Waals surface area contributed by atoms with E-state index < -0.39 is 17.6 Å². The molecule has 180 valence electrons.